The van der Waals surface area contributed by atoms with E-state index in [0.717, 1.165) is 30.0 Å². The van der Waals surface area contributed by atoms with Gasteiger partial charge in [-0.05, 0) is 59.1 Å². The van der Waals surface area contributed by atoms with Gasteiger partial charge in [0.2, 0.25) is 0 Å². The van der Waals surface area contributed by atoms with Crippen LogP contribution in [0, 0.1) is 11.2 Å². The molecular weight excluding hydrogens is 380 g/mol. The maximum absolute atomic E-state index is 14.6. The largest absolute Gasteiger partial charge is 0.484 e. The van der Waals surface area contributed by atoms with Crippen molar-refractivity contribution in [3.63, 3.8) is 0 Å². The first-order chi connectivity index (χ1) is 12.6. The van der Waals surface area contributed by atoms with E-state index in [2.05, 4.69) is 13.8 Å². The Morgan fingerprint density at radius 2 is 1.85 bits per heavy atom. The Balaban J connectivity index is 2.03. The number of rotatable bonds is 5. The molecule has 2 aromatic rings. The Labute approximate surface area is 161 Å². The minimum Gasteiger partial charge on any atom is -0.484 e. The Hall–Kier alpha value is -1.75. The first-order valence-corrected chi connectivity index (χ1v) is 9.32. The van der Waals surface area contributed by atoms with E-state index in [-0.39, 0.29) is 22.6 Å². The van der Waals surface area contributed by atoms with Gasteiger partial charge in [-0.25, -0.2) is 4.39 Å². The molecule has 1 fully saturated rings. The summed E-state index contributed by atoms with van der Waals surface area (Å²) in [6.45, 7) is 2.92. The predicted octanol–water partition coefficient (Wildman–Crippen LogP) is 7.08. The summed E-state index contributed by atoms with van der Waals surface area (Å²) in [6, 6.07) is 9.30. The smallest absolute Gasteiger partial charge is 0.422 e. The van der Waals surface area contributed by atoms with E-state index in [1.807, 2.05) is 12.1 Å². The lowest BCUT2D eigenvalue weighted by atomic mass is 9.59. The van der Waals surface area contributed by atoms with Crippen LogP contribution in [-0.2, 0) is 5.88 Å². The Morgan fingerprint density at radius 1 is 1.11 bits per heavy atom. The molecule has 0 saturated heterocycles. The lowest BCUT2D eigenvalue weighted by Crippen LogP contribution is -2.32. The van der Waals surface area contributed by atoms with Crippen molar-refractivity contribution in [3.05, 3.63) is 53.3 Å². The van der Waals surface area contributed by atoms with E-state index >= 15 is 0 Å². The third-order valence-corrected chi connectivity index (χ3v) is 5.61. The molecule has 0 amide bonds. The molecule has 0 N–H and O–H groups in total. The molecule has 1 aliphatic rings. The molecule has 27 heavy (non-hydrogen) atoms. The summed E-state index contributed by atoms with van der Waals surface area (Å²) in [6.07, 6.45) is -2.39. The number of hydrogen-bond donors (Lipinski definition) is 0. The highest BCUT2D eigenvalue weighted by molar-refractivity contribution is 6.17. The van der Waals surface area contributed by atoms with E-state index < -0.39 is 18.6 Å². The number of hydrogen-bond acceptors (Lipinski definition) is 1. The van der Waals surface area contributed by atoms with Crippen molar-refractivity contribution in [2.75, 3.05) is 6.61 Å². The van der Waals surface area contributed by atoms with Crippen molar-refractivity contribution < 1.29 is 22.3 Å². The van der Waals surface area contributed by atoms with E-state index in [1.165, 1.54) is 12.1 Å². The second-order valence-corrected chi connectivity index (χ2v) is 7.95. The second-order valence-electron chi connectivity index (χ2n) is 7.68. The first kappa shape index (κ1) is 20.0. The molecule has 1 aliphatic carbocycles. The molecule has 0 bridgehead atoms. The summed E-state index contributed by atoms with van der Waals surface area (Å²) in [7, 11) is 0. The van der Waals surface area contributed by atoms with Gasteiger partial charge >= 0.3 is 6.18 Å². The van der Waals surface area contributed by atoms with E-state index in [9.17, 15) is 17.6 Å². The molecule has 1 nitrogen and oxygen atoms in total. The standard InChI is InChI=1S/C21H21ClF4O/c1-20(2)8-7-18(20)16-9-13(11-22)3-5-15(16)17-10-14(4-6-19(17)23)27-12-21(24,25)26/h3-6,9-10,18H,7-8,11-12H2,1-2H3. The fraction of sp³-hybridized carbons (Fsp3) is 0.429. The zero-order valence-corrected chi connectivity index (χ0v) is 15.9. The second kappa shape index (κ2) is 7.34. The number of ether oxygens (including phenoxy) is 1. The predicted molar refractivity (Wildman–Crippen MR) is 98.7 cm³/mol. The van der Waals surface area contributed by atoms with Crippen LogP contribution in [0.25, 0.3) is 11.1 Å². The molecule has 0 aliphatic heterocycles. The van der Waals surface area contributed by atoms with Crippen LogP contribution in [0.5, 0.6) is 5.75 Å². The summed E-state index contributed by atoms with van der Waals surface area (Å²) in [5.74, 6) is 0.0858. The van der Waals surface area contributed by atoms with Gasteiger partial charge in [-0.15, -0.1) is 11.6 Å². The fourth-order valence-electron chi connectivity index (χ4n) is 3.64. The normalized spacial score (nSPS) is 18.9. The average Bonchev–Trinajstić information content (AvgIpc) is 2.59. The Bertz CT molecular complexity index is 829. The van der Waals surface area contributed by atoms with Crippen LogP contribution in [0.2, 0.25) is 0 Å². The molecule has 1 saturated carbocycles. The van der Waals surface area contributed by atoms with Crippen molar-refractivity contribution >= 4 is 11.6 Å². The van der Waals surface area contributed by atoms with Crippen LogP contribution in [0.1, 0.15) is 43.7 Å². The first-order valence-electron chi connectivity index (χ1n) is 8.79. The number of benzene rings is 2. The molecule has 146 valence electrons. The molecule has 6 heteroatoms. The van der Waals surface area contributed by atoms with Gasteiger partial charge in [-0.3, -0.25) is 0 Å². The van der Waals surface area contributed by atoms with Gasteiger partial charge < -0.3 is 4.74 Å². The van der Waals surface area contributed by atoms with Crippen molar-refractivity contribution in [1.82, 2.24) is 0 Å². The summed E-state index contributed by atoms with van der Waals surface area (Å²) in [4.78, 5) is 0. The molecule has 0 spiro atoms. The van der Waals surface area contributed by atoms with Crippen molar-refractivity contribution in [2.45, 2.75) is 44.7 Å². The highest BCUT2D eigenvalue weighted by Crippen LogP contribution is 2.54. The van der Waals surface area contributed by atoms with Gasteiger partial charge in [0.15, 0.2) is 6.61 Å². The molecule has 3 rings (SSSR count). The van der Waals surface area contributed by atoms with Gasteiger partial charge in [-0.1, -0.05) is 32.0 Å². The Morgan fingerprint density at radius 3 is 2.41 bits per heavy atom. The quantitative estimate of drug-likeness (QED) is 0.385. The van der Waals surface area contributed by atoms with Crippen molar-refractivity contribution in [2.24, 2.45) is 5.41 Å². The molecule has 1 atom stereocenters. The topological polar surface area (TPSA) is 9.23 Å². The van der Waals surface area contributed by atoms with Crippen LogP contribution >= 0.6 is 11.6 Å². The van der Waals surface area contributed by atoms with Gasteiger partial charge in [0, 0.05) is 11.4 Å². The fourth-order valence-corrected chi connectivity index (χ4v) is 3.80. The average molecular weight is 401 g/mol. The van der Waals surface area contributed by atoms with Crippen LogP contribution in [0.4, 0.5) is 17.6 Å². The lowest BCUT2D eigenvalue weighted by molar-refractivity contribution is -0.153. The van der Waals surface area contributed by atoms with Gasteiger partial charge in [0.25, 0.3) is 0 Å². The van der Waals surface area contributed by atoms with Crippen molar-refractivity contribution in [3.8, 4) is 16.9 Å². The van der Waals surface area contributed by atoms with E-state index in [4.69, 9.17) is 16.3 Å². The van der Waals surface area contributed by atoms with Crippen LogP contribution in [-0.4, -0.2) is 12.8 Å². The maximum atomic E-state index is 14.6. The summed E-state index contributed by atoms with van der Waals surface area (Å²) in [5.41, 5.74) is 2.92. The zero-order chi connectivity index (χ0) is 19.8. The highest BCUT2D eigenvalue weighted by Gasteiger charge is 2.40. The van der Waals surface area contributed by atoms with Crippen LogP contribution < -0.4 is 4.74 Å². The molecule has 1 unspecified atom stereocenters. The van der Waals surface area contributed by atoms with E-state index in [0.29, 0.717) is 11.4 Å². The van der Waals surface area contributed by atoms with Crippen LogP contribution in [0.15, 0.2) is 36.4 Å². The van der Waals surface area contributed by atoms with Gasteiger partial charge in [-0.2, -0.15) is 13.2 Å². The third kappa shape index (κ3) is 4.40. The summed E-state index contributed by atoms with van der Waals surface area (Å²) < 4.78 is 56.6. The monoisotopic (exact) mass is 400 g/mol. The lowest BCUT2D eigenvalue weighted by Gasteiger charge is -2.46. The summed E-state index contributed by atoms with van der Waals surface area (Å²) in [5, 5.41) is 0. The molecule has 0 aromatic heterocycles. The van der Waals surface area contributed by atoms with Gasteiger partial charge in [0.05, 0.1) is 0 Å². The minimum atomic E-state index is -4.45. The van der Waals surface area contributed by atoms with E-state index in [1.54, 1.807) is 6.07 Å². The molecule has 0 radical (unpaired) electrons. The SMILES string of the molecule is CC1(C)CCC1c1cc(CCl)ccc1-c1cc(OCC(F)(F)F)ccc1F. The molecule has 2 aromatic carbocycles. The Kier molecular flexibility index (Phi) is 5.44. The summed E-state index contributed by atoms with van der Waals surface area (Å²) >= 11 is 5.97. The molecule has 0 heterocycles. The third-order valence-electron chi connectivity index (χ3n) is 5.30. The maximum Gasteiger partial charge on any atom is 0.422 e. The van der Waals surface area contributed by atoms with Gasteiger partial charge in [0.1, 0.15) is 11.6 Å². The minimum absolute atomic E-state index is 0.0102. The van der Waals surface area contributed by atoms with Crippen molar-refractivity contribution in [1.29, 1.82) is 0 Å². The van der Waals surface area contributed by atoms with Crippen LogP contribution in [0.3, 0.4) is 0 Å². The highest BCUT2D eigenvalue weighted by atomic mass is 35.5. The zero-order valence-electron chi connectivity index (χ0n) is 15.2. The molecular formula is C21H21ClF4O. The number of alkyl halides is 4. The number of halogens is 5.